The Morgan fingerprint density at radius 2 is 2.03 bits per heavy atom. The van der Waals surface area contributed by atoms with Crippen molar-refractivity contribution in [2.45, 2.75) is 71.5 Å². The summed E-state index contributed by atoms with van der Waals surface area (Å²) in [5.41, 5.74) is 2.99. The van der Waals surface area contributed by atoms with Crippen molar-refractivity contribution < 1.29 is 9.18 Å². The van der Waals surface area contributed by atoms with Gasteiger partial charge in [-0.05, 0) is 72.1 Å². The zero-order valence-corrected chi connectivity index (χ0v) is 18.1. The first kappa shape index (κ1) is 19.9. The molecular weight excluding hydrogens is 367 g/mol. The van der Waals surface area contributed by atoms with Gasteiger partial charge in [-0.3, -0.25) is 9.48 Å². The number of halogens is 1. The topological polar surface area (TPSA) is 41.4 Å². The minimum atomic E-state index is -0.225. The van der Waals surface area contributed by atoms with Crippen LogP contribution in [0.5, 0.6) is 0 Å². The number of aryl methyl sites for hydroxylation is 2. The number of benzene rings is 1. The van der Waals surface area contributed by atoms with Crippen LogP contribution < -0.4 is 4.90 Å². The molecule has 2 aromatic rings. The molecule has 0 saturated carbocycles. The quantitative estimate of drug-likeness (QED) is 0.773. The summed E-state index contributed by atoms with van der Waals surface area (Å²) in [5.74, 6) is -0.133. The van der Waals surface area contributed by atoms with Crippen LogP contribution in [-0.2, 0) is 6.54 Å². The lowest BCUT2D eigenvalue weighted by Crippen LogP contribution is -2.49. The van der Waals surface area contributed by atoms with E-state index in [9.17, 15) is 9.18 Å². The molecule has 4 rings (SSSR count). The Morgan fingerprint density at radius 1 is 1.28 bits per heavy atom. The van der Waals surface area contributed by atoms with Gasteiger partial charge in [-0.1, -0.05) is 6.07 Å². The summed E-state index contributed by atoms with van der Waals surface area (Å²) >= 11 is 0. The third kappa shape index (κ3) is 3.13. The fourth-order valence-corrected chi connectivity index (χ4v) is 5.60. The van der Waals surface area contributed by atoms with Gasteiger partial charge in [0.05, 0.1) is 16.8 Å². The first-order valence-corrected chi connectivity index (χ1v) is 10.6. The Morgan fingerprint density at radius 3 is 2.69 bits per heavy atom. The van der Waals surface area contributed by atoms with Gasteiger partial charge < -0.3 is 9.80 Å². The van der Waals surface area contributed by atoms with Gasteiger partial charge >= 0.3 is 0 Å². The van der Waals surface area contributed by atoms with Crippen LogP contribution in [0, 0.1) is 19.7 Å². The largest absolute Gasteiger partial charge is 0.364 e. The molecule has 1 atom stereocenters. The number of rotatable bonds is 3. The van der Waals surface area contributed by atoms with Crippen LogP contribution in [-0.4, -0.2) is 44.8 Å². The molecule has 1 unspecified atom stereocenters. The van der Waals surface area contributed by atoms with Gasteiger partial charge in [0.1, 0.15) is 5.82 Å². The third-order valence-corrected chi connectivity index (χ3v) is 6.80. The van der Waals surface area contributed by atoms with Crippen molar-refractivity contribution >= 4 is 11.6 Å². The number of likely N-dealkylation sites (tertiary alicyclic amines) is 1. The first-order chi connectivity index (χ1) is 13.7. The average molecular weight is 399 g/mol. The molecule has 5 nitrogen and oxygen atoms in total. The zero-order valence-electron chi connectivity index (χ0n) is 18.1. The molecule has 1 aromatic carbocycles. The predicted octanol–water partition coefficient (Wildman–Crippen LogP) is 4.32. The Hall–Kier alpha value is -2.37. The number of hydrogen-bond donors (Lipinski definition) is 0. The van der Waals surface area contributed by atoms with Gasteiger partial charge in [0, 0.05) is 36.6 Å². The van der Waals surface area contributed by atoms with Gasteiger partial charge in [0.25, 0.3) is 5.91 Å². The minimum Gasteiger partial charge on any atom is -0.364 e. The number of amides is 1. The van der Waals surface area contributed by atoms with Crippen molar-refractivity contribution in [1.82, 2.24) is 14.7 Å². The van der Waals surface area contributed by atoms with Gasteiger partial charge in [-0.25, -0.2) is 4.39 Å². The molecule has 2 aliphatic heterocycles. The molecule has 0 aliphatic carbocycles. The molecule has 0 radical (unpaired) electrons. The first-order valence-electron chi connectivity index (χ1n) is 10.6. The molecule has 2 saturated heterocycles. The van der Waals surface area contributed by atoms with Crippen LogP contribution in [0.2, 0.25) is 0 Å². The van der Waals surface area contributed by atoms with Gasteiger partial charge in [0.15, 0.2) is 0 Å². The highest BCUT2D eigenvalue weighted by atomic mass is 19.1. The van der Waals surface area contributed by atoms with Gasteiger partial charge in [-0.15, -0.1) is 0 Å². The number of nitrogens with zero attached hydrogens (tertiary/aromatic N) is 4. The molecule has 0 bridgehead atoms. The zero-order chi connectivity index (χ0) is 21.0. The average Bonchev–Trinajstić information content (AvgIpc) is 3.27. The second kappa shape index (κ2) is 6.85. The SMILES string of the molecule is CCn1nc(C)c(C(=O)N2CCCC23CN(c2cccc(F)c2)C(C)(C)C3)c1C. The summed E-state index contributed by atoms with van der Waals surface area (Å²) in [6, 6.07) is 6.80. The van der Waals surface area contributed by atoms with Crippen molar-refractivity contribution in [3.8, 4) is 0 Å². The third-order valence-electron chi connectivity index (χ3n) is 6.80. The van der Waals surface area contributed by atoms with Crippen LogP contribution in [0.4, 0.5) is 10.1 Å². The Kier molecular flexibility index (Phi) is 4.71. The van der Waals surface area contributed by atoms with Gasteiger partial charge in [0.2, 0.25) is 0 Å². The molecule has 1 spiro atoms. The van der Waals surface area contributed by atoms with E-state index in [1.54, 1.807) is 12.1 Å². The predicted molar refractivity (Wildman–Crippen MR) is 113 cm³/mol. The van der Waals surface area contributed by atoms with E-state index in [1.165, 1.54) is 6.07 Å². The van der Waals surface area contributed by atoms with Crippen LogP contribution in [0.25, 0.3) is 0 Å². The normalized spacial score (nSPS) is 23.4. The Labute approximate surface area is 172 Å². The molecule has 1 amide bonds. The second-order valence-corrected chi connectivity index (χ2v) is 9.20. The lowest BCUT2D eigenvalue weighted by Gasteiger charge is -2.35. The molecule has 0 N–H and O–H groups in total. The van der Waals surface area contributed by atoms with Gasteiger partial charge in [-0.2, -0.15) is 5.10 Å². The summed E-state index contributed by atoms with van der Waals surface area (Å²) in [5, 5.41) is 4.55. The summed E-state index contributed by atoms with van der Waals surface area (Å²) in [6.45, 7) is 12.6. The number of carbonyl (C=O) groups is 1. The molecule has 1 aromatic heterocycles. The summed E-state index contributed by atoms with van der Waals surface area (Å²) < 4.78 is 15.8. The number of aromatic nitrogens is 2. The Balaban J connectivity index is 1.69. The van der Waals surface area contributed by atoms with Crippen LogP contribution in [0.1, 0.15) is 61.8 Å². The van der Waals surface area contributed by atoms with E-state index in [4.69, 9.17) is 0 Å². The molecular formula is C23H31FN4O. The Bertz CT molecular complexity index is 950. The molecule has 6 heteroatoms. The fraction of sp³-hybridized carbons (Fsp3) is 0.565. The highest BCUT2D eigenvalue weighted by molar-refractivity contribution is 5.97. The number of hydrogen-bond acceptors (Lipinski definition) is 3. The fourth-order valence-electron chi connectivity index (χ4n) is 5.60. The van der Waals surface area contributed by atoms with Crippen LogP contribution >= 0.6 is 0 Å². The van der Waals surface area contributed by atoms with E-state index >= 15 is 0 Å². The van der Waals surface area contributed by atoms with Crippen molar-refractivity contribution in [2.75, 3.05) is 18.0 Å². The van der Waals surface area contributed by atoms with Crippen molar-refractivity contribution in [3.63, 3.8) is 0 Å². The van der Waals surface area contributed by atoms with Crippen molar-refractivity contribution in [2.24, 2.45) is 0 Å². The molecule has 29 heavy (non-hydrogen) atoms. The van der Waals surface area contributed by atoms with Crippen molar-refractivity contribution in [3.05, 3.63) is 47.0 Å². The maximum absolute atomic E-state index is 13.9. The summed E-state index contributed by atoms with van der Waals surface area (Å²) in [6.07, 6.45) is 2.86. The van der Waals surface area contributed by atoms with E-state index in [2.05, 4.69) is 28.7 Å². The molecule has 3 heterocycles. The van der Waals surface area contributed by atoms with E-state index in [0.717, 1.165) is 61.5 Å². The van der Waals surface area contributed by atoms with E-state index in [0.29, 0.717) is 0 Å². The van der Waals surface area contributed by atoms with Crippen LogP contribution in [0.15, 0.2) is 24.3 Å². The van der Waals surface area contributed by atoms with E-state index in [-0.39, 0.29) is 22.8 Å². The highest BCUT2D eigenvalue weighted by Gasteiger charge is 2.55. The lowest BCUT2D eigenvalue weighted by atomic mass is 9.87. The minimum absolute atomic E-state index is 0.0918. The van der Waals surface area contributed by atoms with Crippen molar-refractivity contribution in [1.29, 1.82) is 0 Å². The number of carbonyl (C=O) groups excluding carboxylic acids is 1. The van der Waals surface area contributed by atoms with E-state index in [1.807, 2.05) is 31.5 Å². The molecule has 156 valence electrons. The highest BCUT2D eigenvalue weighted by Crippen LogP contribution is 2.47. The monoisotopic (exact) mass is 398 g/mol. The van der Waals surface area contributed by atoms with Crippen LogP contribution in [0.3, 0.4) is 0 Å². The maximum atomic E-state index is 13.9. The number of anilines is 1. The summed E-state index contributed by atoms with van der Waals surface area (Å²) in [4.78, 5) is 18.0. The standard InChI is InChI=1S/C23H31FN4O/c1-6-28-17(3)20(16(2)25-28)21(29)26-12-8-11-23(26)14-22(4,5)27(15-23)19-10-7-9-18(24)13-19/h7,9-10,13H,6,8,11-12,14-15H2,1-5H3. The van der Waals surface area contributed by atoms with E-state index < -0.39 is 0 Å². The molecule has 2 aliphatic rings. The summed E-state index contributed by atoms with van der Waals surface area (Å²) in [7, 11) is 0. The molecule has 2 fully saturated rings. The smallest absolute Gasteiger partial charge is 0.258 e. The maximum Gasteiger partial charge on any atom is 0.258 e. The second-order valence-electron chi connectivity index (χ2n) is 9.20. The lowest BCUT2D eigenvalue weighted by molar-refractivity contribution is 0.0615.